The molecule has 15 heteroatoms. The predicted octanol–water partition coefficient (Wildman–Crippen LogP) is 5.61. The number of pyridine rings is 1. The summed E-state index contributed by atoms with van der Waals surface area (Å²) in [6.45, 7) is 1.04. The molecule has 1 saturated heterocycles. The molecule has 1 fully saturated rings. The van der Waals surface area contributed by atoms with Gasteiger partial charge < -0.3 is 25.8 Å². The second kappa shape index (κ2) is 15.4. The Kier molecular flexibility index (Phi) is 11.6. The number of carbonyl (C=O) groups excluding carboxylic acids is 2. The number of hydrogen-bond acceptors (Lipinski definition) is 8. The number of likely N-dealkylation sites (tertiary alicyclic amines) is 1. The molecule has 1 aliphatic heterocycles. The van der Waals surface area contributed by atoms with Crippen LogP contribution in [0.2, 0.25) is 0 Å². The van der Waals surface area contributed by atoms with Crippen molar-refractivity contribution in [3.8, 4) is 17.4 Å². The summed E-state index contributed by atoms with van der Waals surface area (Å²) in [5.74, 6) is -1.28. The Hall–Kier alpha value is -4.79. The van der Waals surface area contributed by atoms with Gasteiger partial charge in [-0.1, -0.05) is 18.2 Å². The Balaban J connectivity index is 0.00000520. The highest BCUT2D eigenvalue weighted by molar-refractivity contribution is 7.90. The Morgan fingerprint density at radius 2 is 1.83 bits per heavy atom. The van der Waals surface area contributed by atoms with Crippen LogP contribution in [0.3, 0.4) is 0 Å². The second-order valence-corrected chi connectivity index (χ2v) is 13.1. The van der Waals surface area contributed by atoms with Gasteiger partial charge in [-0.25, -0.2) is 27.0 Å². The van der Waals surface area contributed by atoms with E-state index in [9.17, 15) is 26.8 Å². The van der Waals surface area contributed by atoms with Gasteiger partial charge in [-0.15, -0.1) is 12.4 Å². The summed E-state index contributed by atoms with van der Waals surface area (Å²) in [5, 5.41) is 5.54. The number of ether oxygens (including phenoxy) is 2. The van der Waals surface area contributed by atoms with Crippen LogP contribution in [0.5, 0.6) is 17.4 Å². The van der Waals surface area contributed by atoms with Gasteiger partial charge in [0.2, 0.25) is 5.88 Å². The molecule has 3 aromatic carbocycles. The Bertz CT molecular complexity index is 1900. The Morgan fingerprint density at radius 3 is 2.50 bits per heavy atom. The van der Waals surface area contributed by atoms with Gasteiger partial charge in [-0.3, -0.25) is 9.69 Å². The zero-order valence-corrected chi connectivity index (χ0v) is 27.6. The molecule has 1 aromatic heterocycles. The first-order valence-electron chi connectivity index (χ1n) is 14.6. The van der Waals surface area contributed by atoms with Gasteiger partial charge in [0.1, 0.15) is 11.6 Å². The second-order valence-electron chi connectivity index (χ2n) is 11.1. The first-order valence-corrected chi connectivity index (χ1v) is 16.5. The maximum absolute atomic E-state index is 14.3. The zero-order valence-electron chi connectivity index (χ0n) is 26.0. The van der Waals surface area contributed by atoms with E-state index >= 15 is 0 Å². The number of nitrogens with zero attached hydrogens (tertiary/aromatic N) is 2. The maximum atomic E-state index is 14.3. The van der Waals surface area contributed by atoms with E-state index in [1.807, 2.05) is 12.1 Å². The van der Waals surface area contributed by atoms with Crippen LogP contribution in [0.25, 0.3) is 0 Å². The number of sulfone groups is 1. The van der Waals surface area contributed by atoms with Gasteiger partial charge in [-0.2, -0.15) is 0 Å². The summed E-state index contributed by atoms with van der Waals surface area (Å²) in [5.41, 5.74) is 6.70. The number of carbonyl (C=O) groups is 2. The van der Waals surface area contributed by atoms with Crippen LogP contribution in [0.15, 0.2) is 83.9 Å². The number of nitrogens with two attached hydrogens (primary N) is 1. The zero-order chi connectivity index (χ0) is 33.7. The molecule has 3 amide bonds. The summed E-state index contributed by atoms with van der Waals surface area (Å²) in [4.78, 5) is 31.0. The first kappa shape index (κ1) is 36.1. The minimum absolute atomic E-state index is 0. The summed E-state index contributed by atoms with van der Waals surface area (Å²) < 4.78 is 63.1. The van der Waals surface area contributed by atoms with Crippen molar-refractivity contribution in [3.63, 3.8) is 0 Å². The van der Waals surface area contributed by atoms with E-state index in [-0.39, 0.29) is 58.1 Å². The minimum atomic E-state index is -3.43. The lowest BCUT2D eigenvalue weighted by molar-refractivity contribution is 0.0996. The molecule has 0 saturated carbocycles. The maximum Gasteiger partial charge on any atom is 0.319 e. The van der Waals surface area contributed by atoms with Crippen molar-refractivity contribution in [1.82, 2.24) is 15.2 Å². The molecule has 2 atom stereocenters. The van der Waals surface area contributed by atoms with Crippen LogP contribution in [0, 0.1) is 11.6 Å². The van der Waals surface area contributed by atoms with Crippen molar-refractivity contribution in [2.45, 2.75) is 36.4 Å². The molecule has 2 unspecified atom stereocenters. The fourth-order valence-corrected chi connectivity index (χ4v) is 6.05. The van der Waals surface area contributed by atoms with E-state index in [1.165, 1.54) is 49.6 Å². The Morgan fingerprint density at radius 1 is 1.04 bits per heavy atom. The van der Waals surface area contributed by atoms with E-state index in [1.54, 1.807) is 18.3 Å². The van der Waals surface area contributed by atoms with Gasteiger partial charge in [0.15, 0.2) is 21.3 Å². The first-order chi connectivity index (χ1) is 22.4. The third-order valence-corrected chi connectivity index (χ3v) is 8.84. The van der Waals surface area contributed by atoms with Gasteiger partial charge in [0, 0.05) is 55.4 Å². The largest absolute Gasteiger partial charge is 0.493 e. The lowest BCUT2D eigenvalue weighted by Gasteiger charge is -2.40. The predicted molar refractivity (Wildman–Crippen MR) is 177 cm³/mol. The van der Waals surface area contributed by atoms with Gasteiger partial charge >= 0.3 is 6.03 Å². The molecular formula is C33H34ClF2N5O6S. The average molecular weight is 702 g/mol. The van der Waals surface area contributed by atoms with Crippen LogP contribution >= 0.6 is 12.4 Å². The van der Waals surface area contributed by atoms with Crippen molar-refractivity contribution in [1.29, 1.82) is 0 Å². The molecule has 4 aromatic rings. The third-order valence-electron chi connectivity index (χ3n) is 7.73. The minimum Gasteiger partial charge on any atom is -0.493 e. The van der Waals surface area contributed by atoms with Crippen molar-refractivity contribution in [2.75, 3.05) is 25.2 Å². The molecule has 2 heterocycles. The molecule has 48 heavy (non-hydrogen) atoms. The number of primary amides is 1. The summed E-state index contributed by atoms with van der Waals surface area (Å²) in [6, 6.07) is 16.7. The van der Waals surface area contributed by atoms with Crippen LogP contribution in [0.1, 0.15) is 40.4 Å². The van der Waals surface area contributed by atoms with E-state index < -0.39 is 27.6 Å². The molecule has 11 nitrogen and oxygen atoms in total. The molecule has 5 rings (SSSR count). The number of amides is 3. The molecule has 0 radical (unpaired) electrons. The van der Waals surface area contributed by atoms with Gasteiger partial charge in [-0.05, 0) is 66.4 Å². The number of benzene rings is 3. The molecule has 254 valence electrons. The number of piperidine rings is 1. The molecule has 0 aliphatic carbocycles. The monoisotopic (exact) mass is 701 g/mol. The number of methoxy groups -OCH3 is 1. The normalized spacial score (nSPS) is 16.3. The quantitative estimate of drug-likeness (QED) is 0.193. The SMILES string of the molecule is COc1cc(S(C)(=O)=O)ccc1Oc1ccc(CN2CCC(NC(=O)Nc3ccc(F)c(C(N)=O)c3)CC2c2cccc(F)c2)cn1.Cl. The molecule has 0 bridgehead atoms. The van der Waals surface area contributed by atoms with Crippen molar-refractivity contribution in [3.05, 3.63) is 107 Å². The highest BCUT2D eigenvalue weighted by Gasteiger charge is 2.31. The van der Waals surface area contributed by atoms with Gasteiger partial charge in [0.05, 0.1) is 17.6 Å². The smallest absolute Gasteiger partial charge is 0.319 e. The lowest BCUT2D eigenvalue weighted by atomic mass is 9.91. The average Bonchev–Trinajstić information content (AvgIpc) is 3.03. The Labute approximate surface area is 282 Å². The number of rotatable bonds is 10. The molecular weight excluding hydrogens is 668 g/mol. The molecule has 0 spiro atoms. The number of hydrogen-bond donors (Lipinski definition) is 3. The van der Waals surface area contributed by atoms with Gasteiger partial charge in [0.25, 0.3) is 5.91 Å². The molecule has 4 N–H and O–H groups in total. The number of anilines is 1. The van der Waals surface area contributed by atoms with Crippen molar-refractivity contribution >= 4 is 39.9 Å². The van der Waals surface area contributed by atoms with Crippen LogP contribution in [-0.4, -0.2) is 56.2 Å². The van der Waals surface area contributed by atoms with Crippen LogP contribution in [0.4, 0.5) is 19.3 Å². The molecule has 1 aliphatic rings. The highest BCUT2D eigenvalue weighted by atomic mass is 35.5. The third kappa shape index (κ3) is 8.97. The van der Waals surface area contributed by atoms with E-state index in [0.717, 1.165) is 23.4 Å². The summed E-state index contributed by atoms with van der Waals surface area (Å²) in [6.07, 6.45) is 3.84. The number of nitrogens with one attached hydrogen (secondary N) is 2. The standard InChI is InChI=1S/C33H33F2N5O6S.ClH/c1-45-30-17-25(47(2,43)44)8-10-29(30)46-31-11-6-20(18-37-31)19-40-13-12-24(16-28(40)21-4-3-5-22(34)14-21)39-33(42)38-23-7-9-27(35)26(15-23)32(36)41;/h3-11,14-15,17-18,24,28H,12-13,16,19H2,1-2H3,(H2,36,41)(H2,38,39,42);1H. The summed E-state index contributed by atoms with van der Waals surface area (Å²) >= 11 is 0. The number of aromatic nitrogens is 1. The van der Waals surface area contributed by atoms with E-state index in [0.29, 0.717) is 31.7 Å². The van der Waals surface area contributed by atoms with E-state index in [4.69, 9.17) is 15.2 Å². The van der Waals surface area contributed by atoms with Crippen molar-refractivity contribution < 1.29 is 36.3 Å². The highest BCUT2D eigenvalue weighted by Crippen LogP contribution is 2.35. The number of urea groups is 1. The fourth-order valence-electron chi connectivity index (χ4n) is 5.41. The topological polar surface area (TPSA) is 153 Å². The van der Waals surface area contributed by atoms with Crippen LogP contribution in [-0.2, 0) is 16.4 Å². The fraction of sp³-hybridized carbons (Fsp3) is 0.242. The van der Waals surface area contributed by atoms with Crippen LogP contribution < -0.4 is 25.8 Å². The van der Waals surface area contributed by atoms with E-state index in [2.05, 4.69) is 20.5 Å². The summed E-state index contributed by atoms with van der Waals surface area (Å²) in [7, 11) is -2.01. The van der Waals surface area contributed by atoms with Crippen molar-refractivity contribution in [2.24, 2.45) is 5.73 Å². The lowest BCUT2D eigenvalue weighted by Crippen LogP contribution is -2.47. The number of halogens is 3.